The molecule has 0 aliphatic carbocycles. The number of anilines is 1. The Labute approximate surface area is 123 Å². The number of amides is 2. The molecular formula is C14H20N2O3S. The zero-order valence-electron chi connectivity index (χ0n) is 11.7. The van der Waals surface area contributed by atoms with Gasteiger partial charge in [0.05, 0.1) is 0 Å². The topological polar surface area (TPSA) is 78.4 Å². The van der Waals surface area contributed by atoms with Crippen molar-refractivity contribution in [2.24, 2.45) is 0 Å². The lowest BCUT2D eigenvalue weighted by atomic mass is 10.1. The summed E-state index contributed by atoms with van der Waals surface area (Å²) in [6.45, 7) is 2.05. The largest absolute Gasteiger partial charge is 0.480 e. The van der Waals surface area contributed by atoms with Gasteiger partial charge in [0, 0.05) is 5.69 Å². The molecule has 0 bridgehead atoms. The van der Waals surface area contributed by atoms with Crippen LogP contribution < -0.4 is 10.6 Å². The first kappa shape index (κ1) is 16.4. The number of hydrogen-bond acceptors (Lipinski definition) is 3. The van der Waals surface area contributed by atoms with Crippen LogP contribution in [0.1, 0.15) is 18.9 Å². The zero-order chi connectivity index (χ0) is 15.0. The molecule has 0 fully saturated rings. The Bertz CT molecular complexity index is 448. The maximum absolute atomic E-state index is 11.8. The van der Waals surface area contributed by atoms with Crippen LogP contribution in [0.2, 0.25) is 0 Å². The first-order valence-corrected chi connectivity index (χ1v) is 7.84. The second-order valence-electron chi connectivity index (χ2n) is 4.32. The number of carboxylic acid groups (broad SMARTS) is 1. The molecule has 0 spiro atoms. The van der Waals surface area contributed by atoms with E-state index in [1.807, 2.05) is 18.4 Å². The third-order valence-electron chi connectivity index (χ3n) is 2.83. The lowest BCUT2D eigenvalue weighted by Crippen LogP contribution is -2.43. The summed E-state index contributed by atoms with van der Waals surface area (Å²) in [7, 11) is 0. The van der Waals surface area contributed by atoms with Crippen LogP contribution in [-0.2, 0) is 11.2 Å². The zero-order valence-corrected chi connectivity index (χ0v) is 12.5. The van der Waals surface area contributed by atoms with Crippen molar-refractivity contribution in [1.82, 2.24) is 5.32 Å². The minimum atomic E-state index is -1.02. The molecule has 0 saturated heterocycles. The average molecular weight is 296 g/mol. The minimum absolute atomic E-state index is 0.401. The molecule has 0 radical (unpaired) electrons. The van der Waals surface area contributed by atoms with Crippen LogP contribution in [0.3, 0.4) is 0 Å². The average Bonchev–Trinajstić information content (AvgIpc) is 2.44. The molecule has 0 aromatic heterocycles. The number of aliphatic carboxylic acids is 1. The second kappa shape index (κ2) is 8.47. The Hall–Kier alpha value is -1.69. The van der Waals surface area contributed by atoms with Crippen molar-refractivity contribution in [2.45, 2.75) is 25.8 Å². The van der Waals surface area contributed by atoms with Gasteiger partial charge in [0.25, 0.3) is 0 Å². The van der Waals surface area contributed by atoms with E-state index in [1.165, 1.54) is 5.56 Å². The standard InChI is InChI=1S/C14H20N2O3S/c1-3-10-4-6-11(7-5-10)15-14(19)16-12(13(17)18)8-9-20-2/h4-7,12H,3,8-9H2,1-2H3,(H,17,18)(H2,15,16,19)/t12-/m0/s1. The Morgan fingerprint density at radius 2 is 1.95 bits per heavy atom. The number of aryl methyl sites for hydroxylation is 1. The maximum atomic E-state index is 11.8. The predicted octanol–water partition coefficient (Wildman–Crippen LogP) is 2.58. The smallest absolute Gasteiger partial charge is 0.326 e. The lowest BCUT2D eigenvalue weighted by molar-refractivity contribution is -0.139. The highest BCUT2D eigenvalue weighted by Crippen LogP contribution is 2.10. The van der Waals surface area contributed by atoms with Crippen LogP contribution in [0.4, 0.5) is 10.5 Å². The second-order valence-corrected chi connectivity index (χ2v) is 5.31. The van der Waals surface area contributed by atoms with Crippen LogP contribution in [-0.4, -0.2) is 35.2 Å². The van der Waals surface area contributed by atoms with E-state index in [0.29, 0.717) is 17.9 Å². The van der Waals surface area contributed by atoms with Crippen molar-refractivity contribution in [3.05, 3.63) is 29.8 Å². The fourth-order valence-electron chi connectivity index (χ4n) is 1.64. The summed E-state index contributed by atoms with van der Waals surface area (Å²) in [6, 6.07) is 6.10. The van der Waals surface area contributed by atoms with Gasteiger partial charge in [-0.2, -0.15) is 11.8 Å². The molecule has 1 aromatic rings. The van der Waals surface area contributed by atoms with E-state index in [9.17, 15) is 9.59 Å². The molecule has 6 heteroatoms. The fourth-order valence-corrected chi connectivity index (χ4v) is 2.11. The molecule has 2 amide bonds. The molecule has 110 valence electrons. The maximum Gasteiger partial charge on any atom is 0.326 e. The summed E-state index contributed by atoms with van der Waals surface area (Å²) < 4.78 is 0. The third kappa shape index (κ3) is 5.52. The van der Waals surface area contributed by atoms with Crippen molar-refractivity contribution in [1.29, 1.82) is 0 Å². The highest BCUT2D eigenvalue weighted by molar-refractivity contribution is 7.98. The molecule has 1 rings (SSSR count). The number of carbonyl (C=O) groups excluding carboxylic acids is 1. The Morgan fingerprint density at radius 3 is 2.45 bits per heavy atom. The quantitative estimate of drug-likeness (QED) is 0.722. The summed E-state index contributed by atoms with van der Waals surface area (Å²) in [5.41, 5.74) is 1.83. The summed E-state index contributed by atoms with van der Waals surface area (Å²) in [5.74, 6) is -0.335. The van der Waals surface area contributed by atoms with Crippen LogP contribution in [0.25, 0.3) is 0 Å². The highest BCUT2D eigenvalue weighted by Gasteiger charge is 2.19. The number of nitrogens with one attached hydrogen (secondary N) is 2. The van der Waals surface area contributed by atoms with E-state index in [0.717, 1.165) is 6.42 Å². The van der Waals surface area contributed by atoms with Gasteiger partial charge >= 0.3 is 12.0 Å². The fraction of sp³-hybridized carbons (Fsp3) is 0.429. The molecule has 0 aliphatic rings. The number of carboxylic acids is 1. The Balaban J connectivity index is 2.53. The van der Waals surface area contributed by atoms with Gasteiger partial charge in [-0.3, -0.25) is 0 Å². The summed E-state index contributed by atoms with van der Waals surface area (Å²) >= 11 is 1.55. The number of thioether (sulfide) groups is 1. The molecule has 0 heterocycles. The van der Waals surface area contributed by atoms with E-state index in [-0.39, 0.29) is 0 Å². The van der Waals surface area contributed by atoms with E-state index >= 15 is 0 Å². The lowest BCUT2D eigenvalue weighted by Gasteiger charge is -2.14. The van der Waals surface area contributed by atoms with E-state index in [4.69, 9.17) is 5.11 Å². The molecule has 1 aromatic carbocycles. The van der Waals surface area contributed by atoms with E-state index < -0.39 is 18.0 Å². The molecule has 3 N–H and O–H groups in total. The molecule has 0 saturated carbocycles. The molecule has 0 aliphatic heterocycles. The van der Waals surface area contributed by atoms with Crippen LogP contribution >= 0.6 is 11.8 Å². The number of rotatable bonds is 7. The minimum Gasteiger partial charge on any atom is -0.480 e. The third-order valence-corrected chi connectivity index (χ3v) is 3.48. The monoisotopic (exact) mass is 296 g/mol. The molecular weight excluding hydrogens is 276 g/mol. The molecule has 5 nitrogen and oxygen atoms in total. The van der Waals surface area contributed by atoms with Crippen LogP contribution in [0, 0.1) is 0 Å². The SMILES string of the molecule is CCc1ccc(NC(=O)N[C@@H](CCSC)C(=O)O)cc1. The Morgan fingerprint density at radius 1 is 1.30 bits per heavy atom. The molecule has 0 unspecified atom stereocenters. The van der Waals surface area contributed by atoms with Crippen molar-refractivity contribution in [3.8, 4) is 0 Å². The Kier molecular flexibility index (Phi) is 6.93. The first-order valence-electron chi connectivity index (χ1n) is 6.45. The van der Waals surface area contributed by atoms with Gasteiger partial charge in [-0.1, -0.05) is 19.1 Å². The van der Waals surface area contributed by atoms with Crippen molar-refractivity contribution >= 4 is 29.4 Å². The molecule has 20 heavy (non-hydrogen) atoms. The van der Waals surface area contributed by atoms with Crippen LogP contribution in [0.15, 0.2) is 24.3 Å². The van der Waals surface area contributed by atoms with Gasteiger partial charge < -0.3 is 15.7 Å². The van der Waals surface area contributed by atoms with Gasteiger partial charge in [0.2, 0.25) is 0 Å². The van der Waals surface area contributed by atoms with Gasteiger partial charge in [-0.25, -0.2) is 9.59 Å². The highest BCUT2D eigenvalue weighted by atomic mass is 32.2. The van der Waals surface area contributed by atoms with Gasteiger partial charge in [-0.15, -0.1) is 0 Å². The van der Waals surface area contributed by atoms with Gasteiger partial charge in [0.15, 0.2) is 0 Å². The number of urea groups is 1. The first-order chi connectivity index (χ1) is 9.56. The van der Waals surface area contributed by atoms with Crippen LogP contribution in [0.5, 0.6) is 0 Å². The van der Waals surface area contributed by atoms with Gasteiger partial charge in [0.1, 0.15) is 6.04 Å². The predicted molar refractivity (Wildman–Crippen MR) is 82.4 cm³/mol. The number of hydrogen-bond donors (Lipinski definition) is 3. The summed E-state index contributed by atoms with van der Waals surface area (Å²) in [4.78, 5) is 22.8. The van der Waals surface area contributed by atoms with E-state index in [1.54, 1.807) is 23.9 Å². The van der Waals surface area contributed by atoms with E-state index in [2.05, 4.69) is 17.6 Å². The number of carbonyl (C=O) groups is 2. The van der Waals surface area contributed by atoms with Crippen molar-refractivity contribution in [2.75, 3.05) is 17.3 Å². The van der Waals surface area contributed by atoms with Crippen molar-refractivity contribution < 1.29 is 14.7 Å². The summed E-state index contributed by atoms with van der Waals surface area (Å²) in [6.07, 6.45) is 3.23. The summed E-state index contributed by atoms with van der Waals surface area (Å²) in [5, 5.41) is 14.1. The molecule has 1 atom stereocenters. The van der Waals surface area contributed by atoms with Crippen molar-refractivity contribution in [3.63, 3.8) is 0 Å². The normalized spacial score (nSPS) is 11.7. The number of benzene rings is 1. The van der Waals surface area contributed by atoms with Gasteiger partial charge in [-0.05, 0) is 42.5 Å².